The molecule has 0 spiro atoms. The van der Waals surface area contributed by atoms with Crippen molar-refractivity contribution in [3.63, 3.8) is 0 Å². The smallest absolute Gasteiger partial charge is 0.220 e. The summed E-state index contributed by atoms with van der Waals surface area (Å²) in [7, 11) is 0. The molecule has 5 nitrogen and oxygen atoms in total. The van der Waals surface area contributed by atoms with E-state index in [2.05, 4.69) is 5.32 Å². The van der Waals surface area contributed by atoms with Crippen molar-refractivity contribution in [1.29, 1.82) is 0 Å². The Hall–Kier alpha value is -1.75. The lowest BCUT2D eigenvalue weighted by molar-refractivity contribution is -0.122. The molecule has 0 bridgehead atoms. The van der Waals surface area contributed by atoms with Gasteiger partial charge in [0.1, 0.15) is 0 Å². The number of aromatic hydroxyl groups is 2. The number of nitrogens with two attached hydrogens (primary N) is 1. The Bertz CT molecular complexity index is 454. The van der Waals surface area contributed by atoms with E-state index in [0.29, 0.717) is 12.6 Å². The second kappa shape index (κ2) is 5.93. The second-order valence-corrected chi connectivity index (χ2v) is 5.15. The summed E-state index contributed by atoms with van der Waals surface area (Å²) in [6.45, 7) is 0.639. The number of carbonyl (C=O) groups is 1. The van der Waals surface area contributed by atoms with Crippen LogP contribution in [0.25, 0.3) is 0 Å². The molecule has 0 radical (unpaired) electrons. The fourth-order valence-corrected chi connectivity index (χ4v) is 2.52. The molecule has 104 valence electrons. The van der Waals surface area contributed by atoms with Crippen LogP contribution in [0.3, 0.4) is 0 Å². The summed E-state index contributed by atoms with van der Waals surface area (Å²) in [5.74, 6) is -0.375. The van der Waals surface area contributed by atoms with E-state index >= 15 is 0 Å². The van der Waals surface area contributed by atoms with E-state index in [9.17, 15) is 15.0 Å². The van der Waals surface area contributed by atoms with Gasteiger partial charge in [-0.25, -0.2) is 0 Å². The lowest BCUT2D eigenvalue weighted by Gasteiger charge is -2.27. The largest absolute Gasteiger partial charge is 0.504 e. The van der Waals surface area contributed by atoms with Crippen molar-refractivity contribution in [2.75, 3.05) is 0 Å². The van der Waals surface area contributed by atoms with Gasteiger partial charge in [0, 0.05) is 18.5 Å². The lowest BCUT2D eigenvalue weighted by Crippen LogP contribution is -2.36. The molecule has 0 saturated heterocycles. The maximum Gasteiger partial charge on any atom is 0.220 e. The Balaban J connectivity index is 1.80. The highest BCUT2D eigenvalue weighted by atomic mass is 16.3. The minimum absolute atomic E-state index is 0.0239. The SMILES string of the molecule is NC(=O)C1CCC(NCc2ccc(O)c(O)c2)CC1. The van der Waals surface area contributed by atoms with Crippen LogP contribution in [0.2, 0.25) is 0 Å². The number of hydrogen-bond acceptors (Lipinski definition) is 4. The zero-order chi connectivity index (χ0) is 13.8. The summed E-state index contributed by atoms with van der Waals surface area (Å²) in [5, 5.41) is 22.0. The highest BCUT2D eigenvalue weighted by Gasteiger charge is 2.24. The van der Waals surface area contributed by atoms with Crippen molar-refractivity contribution in [3.8, 4) is 11.5 Å². The molecule has 1 saturated carbocycles. The van der Waals surface area contributed by atoms with Crippen LogP contribution in [-0.4, -0.2) is 22.2 Å². The van der Waals surface area contributed by atoms with Gasteiger partial charge in [-0.1, -0.05) is 6.07 Å². The average Bonchev–Trinajstić information content (AvgIpc) is 2.40. The molecule has 0 aliphatic heterocycles. The van der Waals surface area contributed by atoms with Gasteiger partial charge in [0.2, 0.25) is 5.91 Å². The number of amides is 1. The summed E-state index contributed by atoms with van der Waals surface area (Å²) in [6.07, 6.45) is 3.57. The van der Waals surface area contributed by atoms with Gasteiger partial charge in [-0.15, -0.1) is 0 Å². The van der Waals surface area contributed by atoms with Crippen LogP contribution in [0.4, 0.5) is 0 Å². The van der Waals surface area contributed by atoms with Gasteiger partial charge >= 0.3 is 0 Å². The third-order valence-corrected chi connectivity index (χ3v) is 3.76. The molecular weight excluding hydrogens is 244 g/mol. The van der Waals surface area contributed by atoms with E-state index < -0.39 is 0 Å². The molecule has 1 aromatic rings. The summed E-state index contributed by atoms with van der Waals surface area (Å²) in [4.78, 5) is 11.1. The Morgan fingerprint density at radius 3 is 2.47 bits per heavy atom. The fraction of sp³-hybridized carbons (Fsp3) is 0.500. The van der Waals surface area contributed by atoms with Crippen LogP contribution in [-0.2, 0) is 11.3 Å². The number of nitrogens with one attached hydrogen (secondary N) is 1. The Labute approximate surface area is 112 Å². The molecule has 0 atom stereocenters. The van der Waals surface area contributed by atoms with Gasteiger partial charge in [-0.05, 0) is 43.4 Å². The molecule has 0 aromatic heterocycles. The summed E-state index contributed by atoms with van der Waals surface area (Å²) >= 11 is 0. The van der Waals surface area contributed by atoms with E-state index in [1.165, 1.54) is 6.07 Å². The Kier molecular flexibility index (Phi) is 4.27. The van der Waals surface area contributed by atoms with Crippen LogP contribution in [0.1, 0.15) is 31.2 Å². The molecule has 1 aliphatic rings. The van der Waals surface area contributed by atoms with Gasteiger partial charge in [0.15, 0.2) is 11.5 Å². The Morgan fingerprint density at radius 2 is 1.89 bits per heavy atom. The zero-order valence-electron chi connectivity index (χ0n) is 10.8. The van der Waals surface area contributed by atoms with Crippen LogP contribution < -0.4 is 11.1 Å². The minimum Gasteiger partial charge on any atom is -0.504 e. The maximum atomic E-state index is 11.1. The second-order valence-electron chi connectivity index (χ2n) is 5.15. The topological polar surface area (TPSA) is 95.6 Å². The van der Waals surface area contributed by atoms with Crippen LogP contribution in [0, 0.1) is 5.92 Å². The van der Waals surface area contributed by atoms with Crippen LogP contribution >= 0.6 is 0 Å². The van der Waals surface area contributed by atoms with Crippen molar-refractivity contribution < 1.29 is 15.0 Å². The highest BCUT2D eigenvalue weighted by Crippen LogP contribution is 2.26. The summed E-state index contributed by atoms with van der Waals surface area (Å²) in [6, 6.07) is 5.19. The van der Waals surface area contributed by atoms with Gasteiger partial charge in [0.25, 0.3) is 0 Å². The van der Waals surface area contributed by atoms with Crippen molar-refractivity contribution in [2.45, 2.75) is 38.3 Å². The standard InChI is InChI=1S/C14H20N2O3/c15-14(19)10-2-4-11(5-3-10)16-8-9-1-6-12(17)13(18)7-9/h1,6-7,10-11,16-18H,2-5,8H2,(H2,15,19). The van der Waals surface area contributed by atoms with Gasteiger partial charge in [-0.2, -0.15) is 0 Å². The molecule has 5 N–H and O–H groups in total. The molecule has 1 aliphatic carbocycles. The predicted octanol–water partition coefficient (Wildman–Crippen LogP) is 1.23. The third kappa shape index (κ3) is 3.61. The van der Waals surface area contributed by atoms with E-state index in [-0.39, 0.29) is 23.3 Å². The summed E-state index contributed by atoms with van der Waals surface area (Å²) in [5.41, 5.74) is 6.22. The first-order valence-electron chi connectivity index (χ1n) is 6.60. The number of carbonyl (C=O) groups excluding carboxylic acids is 1. The number of benzene rings is 1. The molecular formula is C14H20N2O3. The molecule has 0 heterocycles. The normalized spacial score (nSPS) is 23.2. The zero-order valence-corrected chi connectivity index (χ0v) is 10.8. The van der Waals surface area contributed by atoms with Gasteiger partial charge < -0.3 is 21.3 Å². The lowest BCUT2D eigenvalue weighted by atomic mass is 9.85. The number of rotatable bonds is 4. The average molecular weight is 264 g/mol. The van der Waals surface area contributed by atoms with Crippen LogP contribution in [0.15, 0.2) is 18.2 Å². The van der Waals surface area contributed by atoms with E-state index in [0.717, 1.165) is 31.2 Å². The number of phenolic OH excluding ortho intramolecular Hbond substituents is 2. The molecule has 1 amide bonds. The highest BCUT2D eigenvalue weighted by molar-refractivity contribution is 5.76. The predicted molar refractivity (Wildman–Crippen MR) is 71.6 cm³/mol. The first kappa shape index (κ1) is 13.7. The van der Waals surface area contributed by atoms with Crippen molar-refractivity contribution in [1.82, 2.24) is 5.32 Å². The number of primary amides is 1. The molecule has 1 fully saturated rings. The molecule has 19 heavy (non-hydrogen) atoms. The van der Waals surface area contributed by atoms with Gasteiger partial charge in [0.05, 0.1) is 0 Å². The first-order chi connectivity index (χ1) is 9.06. The van der Waals surface area contributed by atoms with Crippen molar-refractivity contribution in [3.05, 3.63) is 23.8 Å². The quantitative estimate of drug-likeness (QED) is 0.615. The van der Waals surface area contributed by atoms with Crippen LogP contribution in [0.5, 0.6) is 11.5 Å². The van der Waals surface area contributed by atoms with Gasteiger partial charge in [-0.3, -0.25) is 4.79 Å². The third-order valence-electron chi connectivity index (χ3n) is 3.76. The first-order valence-corrected chi connectivity index (χ1v) is 6.60. The molecule has 5 heteroatoms. The van der Waals surface area contributed by atoms with E-state index in [1.807, 2.05) is 0 Å². The molecule has 2 rings (SSSR count). The molecule has 0 unspecified atom stereocenters. The monoisotopic (exact) mass is 264 g/mol. The Morgan fingerprint density at radius 1 is 1.21 bits per heavy atom. The number of phenols is 2. The van der Waals surface area contributed by atoms with Crippen molar-refractivity contribution in [2.24, 2.45) is 11.7 Å². The minimum atomic E-state index is -0.193. The fourth-order valence-electron chi connectivity index (χ4n) is 2.52. The van der Waals surface area contributed by atoms with E-state index in [4.69, 9.17) is 5.73 Å². The van der Waals surface area contributed by atoms with E-state index in [1.54, 1.807) is 12.1 Å². The maximum absolute atomic E-state index is 11.1. The molecule has 1 aromatic carbocycles. The number of hydrogen-bond donors (Lipinski definition) is 4. The summed E-state index contributed by atoms with van der Waals surface area (Å²) < 4.78 is 0. The van der Waals surface area contributed by atoms with Crippen molar-refractivity contribution >= 4 is 5.91 Å².